The van der Waals surface area contributed by atoms with E-state index in [1.54, 1.807) is 61.7 Å². The van der Waals surface area contributed by atoms with Crippen molar-refractivity contribution < 1.29 is 19.1 Å². The third kappa shape index (κ3) is 6.88. The third-order valence-corrected chi connectivity index (χ3v) is 5.24. The Hall–Kier alpha value is -3.79. The number of nitriles is 1. The van der Waals surface area contributed by atoms with Crippen LogP contribution in [0.15, 0.2) is 54.1 Å². The molecule has 0 atom stereocenters. The highest BCUT2D eigenvalue weighted by molar-refractivity contribution is 6.01. The molecule has 0 unspecified atom stereocenters. The van der Waals surface area contributed by atoms with Crippen LogP contribution in [0.5, 0.6) is 11.5 Å². The van der Waals surface area contributed by atoms with Crippen LogP contribution < -0.4 is 20.1 Å². The van der Waals surface area contributed by atoms with Gasteiger partial charge in [-0.25, -0.2) is 0 Å². The Morgan fingerprint density at radius 1 is 1.03 bits per heavy atom. The van der Waals surface area contributed by atoms with Gasteiger partial charge in [0.05, 0.1) is 7.11 Å². The molecule has 0 spiro atoms. The number of carbonyl (C=O) groups excluding carboxylic acids is 2. The van der Waals surface area contributed by atoms with Gasteiger partial charge >= 0.3 is 0 Å². The maximum absolute atomic E-state index is 12.4. The number of amides is 2. The molecule has 2 amide bonds. The summed E-state index contributed by atoms with van der Waals surface area (Å²) in [7, 11) is 1.58. The Bertz CT molecular complexity index is 985. The fraction of sp³-hybridized carbons (Fsp3) is 0.320. The van der Waals surface area contributed by atoms with E-state index in [2.05, 4.69) is 10.6 Å². The summed E-state index contributed by atoms with van der Waals surface area (Å²) in [5.74, 6) is 0.594. The minimum Gasteiger partial charge on any atom is -0.497 e. The zero-order valence-corrected chi connectivity index (χ0v) is 18.1. The van der Waals surface area contributed by atoms with Gasteiger partial charge in [-0.3, -0.25) is 9.59 Å². The van der Waals surface area contributed by atoms with Crippen LogP contribution >= 0.6 is 0 Å². The number of carbonyl (C=O) groups is 2. The molecule has 2 aromatic carbocycles. The Morgan fingerprint density at radius 3 is 2.31 bits per heavy atom. The summed E-state index contributed by atoms with van der Waals surface area (Å²) in [5.41, 5.74) is 1.42. The molecule has 0 saturated heterocycles. The lowest BCUT2D eigenvalue weighted by Gasteiger charge is -2.22. The molecule has 2 aromatic rings. The molecular weight excluding hydrogens is 406 g/mol. The first-order valence-corrected chi connectivity index (χ1v) is 10.7. The van der Waals surface area contributed by atoms with Gasteiger partial charge in [-0.15, -0.1) is 0 Å². The molecule has 0 radical (unpaired) electrons. The highest BCUT2D eigenvalue weighted by Gasteiger charge is 2.18. The van der Waals surface area contributed by atoms with Crippen LogP contribution in [-0.2, 0) is 9.59 Å². The van der Waals surface area contributed by atoms with Gasteiger partial charge in [-0.1, -0.05) is 31.4 Å². The second-order valence-electron chi connectivity index (χ2n) is 7.61. The third-order valence-electron chi connectivity index (χ3n) is 5.24. The van der Waals surface area contributed by atoms with Crippen molar-refractivity contribution in [2.75, 3.05) is 19.0 Å². The Balaban J connectivity index is 1.51. The first-order valence-electron chi connectivity index (χ1n) is 10.7. The molecule has 1 aliphatic carbocycles. The predicted octanol–water partition coefficient (Wildman–Crippen LogP) is 4.07. The minimum absolute atomic E-state index is 0.0723. The summed E-state index contributed by atoms with van der Waals surface area (Å²) >= 11 is 0. The normalized spacial score (nSPS) is 14.2. The van der Waals surface area contributed by atoms with Crippen molar-refractivity contribution in [2.45, 2.75) is 38.1 Å². The van der Waals surface area contributed by atoms with Gasteiger partial charge in [0, 0.05) is 11.7 Å². The number of hydrogen-bond donors (Lipinski definition) is 2. The molecule has 7 nitrogen and oxygen atoms in total. The first kappa shape index (κ1) is 22.9. The summed E-state index contributed by atoms with van der Waals surface area (Å²) in [4.78, 5) is 24.5. The second kappa shape index (κ2) is 11.6. The number of nitrogens with one attached hydrogen (secondary N) is 2. The second-order valence-corrected chi connectivity index (χ2v) is 7.61. The number of benzene rings is 2. The van der Waals surface area contributed by atoms with E-state index in [0.717, 1.165) is 25.7 Å². The van der Waals surface area contributed by atoms with Crippen LogP contribution in [-0.4, -0.2) is 31.6 Å². The van der Waals surface area contributed by atoms with E-state index < -0.39 is 0 Å². The standard InChI is InChI=1S/C25H27N3O4/c1-31-22-13-9-21(10-14-22)27-24(29)17-32-23-11-7-18(8-12-23)15-19(16-26)25(30)28-20-5-3-2-4-6-20/h7-15,20H,2-6,17H2,1H3,(H,27,29)(H,28,30)/b19-15+. The number of methoxy groups -OCH3 is 1. The van der Waals surface area contributed by atoms with Crippen molar-refractivity contribution >= 4 is 23.6 Å². The number of rotatable bonds is 8. The molecule has 7 heteroatoms. The highest BCUT2D eigenvalue weighted by Crippen LogP contribution is 2.19. The Labute approximate surface area is 188 Å². The monoisotopic (exact) mass is 433 g/mol. The van der Waals surface area contributed by atoms with E-state index in [-0.39, 0.29) is 30.0 Å². The smallest absolute Gasteiger partial charge is 0.262 e. The van der Waals surface area contributed by atoms with Crippen LogP contribution in [0.25, 0.3) is 6.08 Å². The number of hydrogen-bond acceptors (Lipinski definition) is 5. The van der Waals surface area contributed by atoms with Crippen LogP contribution in [0.2, 0.25) is 0 Å². The molecule has 1 fully saturated rings. The van der Waals surface area contributed by atoms with Crippen LogP contribution in [0.1, 0.15) is 37.7 Å². The molecule has 0 bridgehead atoms. The molecular formula is C25H27N3O4. The van der Waals surface area contributed by atoms with Crippen molar-refractivity contribution in [2.24, 2.45) is 0 Å². The van der Waals surface area contributed by atoms with Gasteiger partial charge in [0.1, 0.15) is 23.1 Å². The lowest BCUT2D eigenvalue weighted by atomic mass is 9.95. The van der Waals surface area contributed by atoms with Crippen molar-refractivity contribution in [3.05, 3.63) is 59.7 Å². The van der Waals surface area contributed by atoms with E-state index in [0.29, 0.717) is 22.7 Å². The van der Waals surface area contributed by atoms with Crippen LogP contribution in [0, 0.1) is 11.3 Å². The molecule has 1 aliphatic rings. The quantitative estimate of drug-likeness (QED) is 0.483. The summed E-state index contributed by atoms with van der Waals surface area (Å²) < 4.78 is 10.6. The van der Waals surface area contributed by atoms with Gasteiger partial charge in [0.15, 0.2) is 6.61 Å². The first-order chi connectivity index (χ1) is 15.6. The van der Waals surface area contributed by atoms with E-state index in [4.69, 9.17) is 9.47 Å². The van der Waals surface area contributed by atoms with Gasteiger partial charge in [-0.05, 0) is 60.9 Å². The number of ether oxygens (including phenoxy) is 2. The lowest BCUT2D eigenvalue weighted by Crippen LogP contribution is -2.36. The molecule has 32 heavy (non-hydrogen) atoms. The van der Waals surface area contributed by atoms with E-state index in [1.807, 2.05) is 6.07 Å². The van der Waals surface area contributed by atoms with Gasteiger partial charge < -0.3 is 20.1 Å². The topological polar surface area (TPSA) is 100 Å². The van der Waals surface area contributed by atoms with E-state index >= 15 is 0 Å². The van der Waals surface area contributed by atoms with Gasteiger partial charge in [0.2, 0.25) is 0 Å². The van der Waals surface area contributed by atoms with Crippen molar-refractivity contribution in [1.29, 1.82) is 5.26 Å². The number of nitrogens with zero attached hydrogens (tertiary/aromatic N) is 1. The Kier molecular flexibility index (Phi) is 8.27. The summed E-state index contributed by atoms with van der Waals surface area (Å²) in [5, 5.41) is 15.1. The molecule has 3 rings (SSSR count). The van der Waals surface area contributed by atoms with Crippen LogP contribution in [0.4, 0.5) is 5.69 Å². The van der Waals surface area contributed by atoms with E-state index in [1.165, 1.54) is 6.42 Å². The largest absolute Gasteiger partial charge is 0.497 e. The summed E-state index contributed by atoms with van der Waals surface area (Å²) in [6.45, 7) is -0.144. The predicted molar refractivity (Wildman–Crippen MR) is 122 cm³/mol. The molecule has 2 N–H and O–H groups in total. The van der Waals surface area contributed by atoms with E-state index in [9.17, 15) is 14.9 Å². The fourth-order valence-electron chi connectivity index (χ4n) is 3.51. The number of anilines is 1. The highest BCUT2D eigenvalue weighted by atomic mass is 16.5. The van der Waals surface area contributed by atoms with Crippen molar-refractivity contribution in [3.63, 3.8) is 0 Å². The fourth-order valence-corrected chi connectivity index (χ4v) is 3.51. The zero-order valence-electron chi connectivity index (χ0n) is 18.1. The zero-order chi connectivity index (χ0) is 22.8. The van der Waals surface area contributed by atoms with Crippen molar-refractivity contribution in [3.8, 4) is 17.6 Å². The summed E-state index contributed by atoms with van der Waals surface area (Å²) in [6.07, 6.45) is 6.89. The van der Waals surface area contributed by atoms with Crippen LogP contribution in [0.3, 0.4) is 0 Å². The van der Waals surface area contributed by atoms with Gasteiger partial charge in [-0.2, -0.15) is 5.26 Å². The van der Waals surface area contributed by atoms with Gasteiger partial charge in [0.25, 0.3) is 11.8 Å². The SMILES string of the molecule is COc1ccc(NC(=O)COc2ccc(/C=C(\C#N)C(=O)NC3CCCCC3)cc2)cc1. The molecule has 0 aromatic heterocycles. The molecule has 1 saturated carbocycles. The molecule has 166 valence electrons. The molecule has 0 aliphatic heterocycles. The van der Waals surface area contributed by atoms with Crippen molar-refractivity contribution in [1.82, 2.24) is 5.32 Å². The maximum atomic E-state index is 12.4. The average molecular weight is 434 g/mol. The maximum Gasteiger partial charge on any atom is 0.262 e. The summed E-state index contributed by atoms with van der Waals surface area (Å²) in [6, 6.07) is 16.0. The Morgan fingerprint density at radius 2 is 1.69 bits per heavy atom. The molecule has 0 heterocycles. The average Bonchev–Trinajstić information content (AvgIpc) is 2.83. The minimum atomic E-state index is -0.338. The lowest BCUT2D eigenvalue weighted by molar-refractivity contribution is -0.118.